The van der Waals surface area contributed by atoms with Crippen LogP contribution in [0.3, 0.4) is 0 Å². The molecule has 2 aromatic rings. The molecule has 0 saturated heterocycles. The molecule has 0 amide bonds. The lowest BCUT2D eigenvalue weighted by Gasteiger charge is -1.92. The van der Waals surface area contributed by atoms with Crippen molar-refractivity contribution in [3.63, 3.8) is 0 Å². The van der Waals surface area contributed by atoms with Gasteiger partial charge in [-0.05, 0) is 24.3 Å². The van der Waals surface area contributed by atoms with E-state index in [2.05, 4.69) is 0 Å². The molecular formula is C12H6F4I+. The Morgan fingerprint density at radius 1 is 0.588 bits per heavy atom. The smallest absolute Gasteiger partial charge is 0.204 e. The fourth-order valence-electron chi connectivity index (χ4n) is 1.18. The molecule has 17 heavy (non-hydrogen) atoms. The summed E-state index contributed by atoms with van der Waals surface area (Å²) in [6.07, 6.45) is 0. The second kappa shape index (κ2) is 5.03. The topological polar surface area (TPSA) is 0 Å². The summed E-state index contributed by atoms with van der Waals surface area (Å²) in [5, 5.41) is 0. The van der Waals surface area contributed by atoms with Crippen molar-refractivity contribution in [1.29, 1.82) is 0 Å². The Labute approximate surface area is 106 Å². The standard InChI is InChI=1S/C12H6F4I/c13-9-3-1-7(5-11(9)15)17-8-2-4-10(14)12(16)6-8/h1-6H/q+1. The molecular weight excluding hydrogens is 347 g/mol. The zero-order chi connectivity index (χ0) is 12.4. The van der Waals surface area contributed by atoms with Gasteiger partial charge in [-0.15, -0.1) is 0 Å². The summed E-state index contributed by atoms with van der Waals surface area (Å²) >= 11 is -0.844. The Morgan fingerprint density at radius 2 is 1.00 bits per heavy atom. The van der Waals surface area contributed by atoms with Gasteiger partial charge in [-0.1, -0.05) is 0 Å². The van der Waals surface area contributed by atoms with Crippen LogP contribution in [-0.4, -0.2) is 0 Å². The first-order valence-corrected chi connectivity index (χ1v) is 6.77. The van der Waals surface area contributed by atoms with Gasteiger partial charge < -0.3 is 0 Å². The normalized spacial score (nSPS) is 10.6. The van der Waals surface area contributed by atoms with Crippen molar-refractivity contribution in [2.24, 2.45) is 0 Å². The third-order valence-electron chi connectivity index (χ3n) is 1.98. The first-order valence-electron chi connectivity index (χ1n) is 4.61. The third kappa shape index (κ3) is 2.96. The molecule has 0 atom stereocenters. The summed E-state index contributed by atoms with van der Waals surface area (Å²) in [4.78, 5) is 0. The maximum Gasteiger partial charge on any atom is 0.358 e. The van der Waals surface area contributed by atoms with E-state index in [-0.39, 0.29) is 0 Å². The highest BCUT2D eigenvalue weighted by atomic mass is 127. The fourth-order valence-corrected chi connectivity index (χ4v) is 3.48. The summed E-state index contributed by atoms with van der Waals surface area (Å²) in [5.74, 6) is -3.68. The van der Waals surface area contributed by atoms with E-state index in [1.807, 2.05) is 0 Å². The monoisotopic (exact) mass is 353 g/mol. The van der Waals surface area contributed by atoms with Gasteiger partial charge in [0, 0.05) is 12.1 Å². The summed E-state index contributed by atoms with van der Waals surface area (Å²) in [5.41, 5.74) is 0. The van der Waals surface area contributed by atoms with Gasteiger partial charge >= 0.3 is 21.2 Å². The Morgan fingerprint density at radius 3 is 1.35 bits per heavy atom. The van der Waals surface area contributed by atoms with Crippen molar-refractivity contribution in [3.05, 3.63) is 66.8 Å². The van der Waals surface area contributed by atoms with Crippen LogP contribution < -0.4 is 21.2 Å². The van der Waals surface area contributed by atoms with Gasteiger partial charge in [-0.25, -0.2) is 17.6 Å². The predicted molar refractivity (Wildman–Crippen MR) is 50.1 cm³/mol. The molecule has 0 aliphatic heterocycles. The number of hydrogen-bond donors (Lipinski definition) is 0. The lowest BCUT2D eigenvalue weighted by molar-refractivity contribution is -0.597. The molecule has 5 heteroatoms. The fraction of sp³-hybridized carbons (Fsp3) is 0. The lowest BCUT2D eigenvalue weighted by Crippen LogP contribution is -3.61. The quantitative estimate of drug-likeness (QED) is 0.416. The van der Waals surface area contributed by atoms with Gasteiger partial charge in [0.1, 0.15) is 0 Å². The molecule has 0 N–H and O–H groups in total. The molecule has 0 aliphatic carbocycles. The largest absolute Gasteiger partial charge is 0.358 e. The highest BCUT2D eigenvalue weighted by molar-refractivity contribution is 5.08. The predicted octanol–water partition coefficient (Wildman–Crippen LogP) is 0.371. The molecule has 0 radical (unpaired) electrons. The van der Waals surface area contributed by atoms with E-state index < -0.39 is 44.5 Å². The first kappa shape index (κ1) is 12.3. The molecule has 88 valence electrons. The van der Waals surface area contributed by atoms with E-state index in [4.69, 9.17) is 0 Å². The first-order chi connectivity index (χ1) is 8.06. The van der Waals surface area contributed by atoms with Gasteiger partial charge in [0.15, 0.2) is 30.4 Å². The molecule has 0 spiro atoms. The molecule has 0 unspecified atom stereocenters. The molecule has 0 aliphatic rings. The molecule has 0 aromatic heterocycles. The number of rotatable bonds is 2. The van der Waals surface area contributed by atoms with Crippen molar-refractivity contribution < 1.29 is 38.8 Å². The molecule has 2 aromatic carbocycles. The van der Waals surface area contributed by atoms with Crippen molar-refractivity contribution >= 4 is 0 Å². The Hall–Kier alpha value is -1.11. The molecule has 0 saturated carbocycles. The molecule has 0 fully saturated rings. The van der Waals surface area contributed by atoms with Crippen LogP contribution in [0.15, 0.2) is 36.4 Å². The van der Waals surface area contributed by atoms with Gasteiger partial charge in [0.05, 0.1) is 0 Å². The van der Waals surface area contributed by atoms with Crippen LogP contribution >= 0.6 is 0 Å². The highest BCUT2D eigenvalue weighted by Crippen LogP contribution is 2.04. The van der Waals surface area contributed by atoms with Crippen LogP contribution in [0.4, 0.5) is 17.6 Å². The molecule has 0 bridgehead atoms. The summed E-state index contributed by atoms with van der Waals surface area (Å²) in [7, 11) is 0. The number of halogens is 5. The van der Waals surface area contributed by atoms with E-state index >= 15 is 0 Å². The van der Waals surface area contributed by atoms with Crippen molar-refractivity contribution in [1.82, 2.24) is 0 Å². The van der Waals surface area contributed by atoms with E-state index in [0.717, 1.165) is 24.3 Å². The Bertz CT molecular complexity index is 505. The zero-order valence-electron chi connectivity index (χ0n) is 8.35. The van der Waals surface area contributed by atoms with Gasteiger partial charge in [0.2, 0.25) is 0 Å². The maximum absolute atomic E-state index is 12.9. The summed E-state index contributed by atoms with van der Waals surface area (Å²) < 4.78 is 52.4. The minimum Gasteiger partial charge on any atom is -0.204 e. The molecule has 0 nitrogen and oxygen atoms in total. The Balaban J connectivity index is 2.25. The van der Waals surface area contributed by atoms with Crippen LogP contribution in [-0.2, 0) is 0 Å². The second-order valence-corrected chi connectivity index (χ2v) is 6.24. The molecule has 0 heterocycles. The zero-order valence-corrected chi connectivity index (χ0v) is 10.5. The van der Waals surface area contributed by atoms with Gasteiger partial charge in [0.25, 0.3) is 0 Å². The molecule has 2 rings (SSSR count). The average molecular weight is 353 g/mol. The van der Waals surface area contributed by atoms with E-state index in [1.165, 1.54) is 12.1 Å². The SMILES string of the molecule is Fc1ccc([I+]c2ccc(F)c(F)c2)cc1F. The van der Waals surface area contributed by atoms with Crippen molar-refractivity contribution in [2.75, 3.05) is 0 Å². The number of hydrogen-bond acceptors (Lipinski definition) is 0. The summed E-state index contributed by atoms with van der Waals surface area (Å²) in [6.45, 7) is 0. The van der Waals surface area contributed by atoms with Gasteiger partial charge in [-0.3, -0.25) is 0 Å². The second-order valence-electron chi connectivity index (χ2n) is 3.21. The van der Waals surface area contributed by atoms with Crippen LogP contribution in [0.5, 0.6) is 0 Å². The highest BCUT2D eigenvalue weighted by Gasteiger charge is 2.19. The minimum absolute atomic E-state index is 0.605. The minimum atomic E-state index is -0.926. The third-order valence-corrected chi connectivity index (χ3v) is 4.57. The lowest BCUT2D eigenvalue weighted by atomic mass is 10.3. The van der Waals surface area contributed by atoms with Crippen molar-refractivity contribution in [2.45, 2.75) is 0 Å². The van der Waals surface area contributed by atoms with E-state index in [0.29, 0.717) is 7.14 Å². The van der Waals surface area contributed by atoms with Crippen LogP contribution in [0.1, 0.15) is 0 Å². The van der Waals surface area contributed by atoms with Crippen molar-refractivity contribution in [3.8, 4) is 0 Å². The Kier molecular flexibility index (Phi) is 3.66. The van der Waals surface area contributed by atoms with Crippen LogP contribution in [0.2, 0.25) is 0 Å². The van der Waals surface area contributed by atoms with Crippen LogP contribution in [0.25, 0.3) is 0 Å². The van der Waals surface area contributed by atoms with E-state index in [9.17, 15) is 17.6 Å². The van der Waals surface area contributed by atoms with Crippen LogP contribution in [0, 0.1) is 30.4 Å². The number of benzene rings is 2. The summed E-state index contributed by atoms with van der Waals surface area (Å²) in [6, 6.07) is 7.14. The average Bonchev–Trinajstić information content (AvgIpc) is 2.29. The van der Waals surface area contributed by atoms with E-state index in [1.54, 1.807) is 0 Å². The van der Waals surface area contributed by atoms with Gasteiger partial charge in [-0.2, -0.15) is 0 Å². The maximum atomic E-state index is 12.9.